The number of aliphatic carboxylic acids is 1. The Morgan fingerprint density at radius 3 is 2.63 bits per heavy atom. The Morgan fingerprint density at radius 1 is 1.33 bits per heavy atom. The number of hydrogen-bond donors (Lipinski definition) is 1. The number of aromatic nitrogens is 2. The van der Waals surface area contributed by atoms with E-state index in [2.05, 4.69) is 5.10 Å². The summed E-state index contributed by atoms with van der Waals surface area (Å²) in [5.41, 5.74) is 1.99. The second kappa shape index (κ2) is 7.48. The number of methoxy groups -OCH3 is 1. The molecule has 1 N–H and O–H groups in total. The summed E-state index contributed by atoms with van der Waals surface area (Å²) in [5.74, 6) is -1.95. The standard InChI is InChI=1S/C19H22FN3O4/c1-11-6-12(2)23(21-11)17-5-4-13(7-16(17)20)19(26)22-10-15(27-3)8-14(22)9-18(24)25/h4-7,14-15H,8-10H2,1-3H3,(H,24,25). The fourth-order valence-corrected chi connectivity index (χ4v) is 3.54. The minimum absolute atomic E-state index is 0.169. The zero-order valence-electron chi connectivity index (χ0n) is 15.5. The van der Waals surface area contributed by atoms with Crippen LogP contribution < -0.4 is 0 Å². The molecule has 1 amide bonds. The van der Waals surface area contributed by atoms with Gasteiger partial charge in [0.2, 0.25) is 0 Å². The SMILES string of the molecule is COC1CC(CC(=O)O)N(C(=O)c2ccc(-n3nc(C)cc3C)c(F)c2)C1. The van der Waals surface area contributed by atoms with E-state index >= 15 is 0 Å². The zero-order chi connectivity index (χ0) is 19.7. The molecule has 2 atom stereocenters. The molecule has 0 saturated carbocycles. The maximum absolute atomic E-state index is 14.7. The van der Waals surface area contributed by atoms with Crippen LogP contribution in [0.1, 0.15) is 34.6 Å². The minimum atomic E-state index is -0.986. The molecule has 0 radical (unpaired) electrons. The van der Waals surface area contributed by atoms with Crippen LogP contribution in [0.15, 0.2) is 24.3 Å². The van der Waals surface area contributed by atoms with Gasteiger partial charge in [-0.25, -0.2) is 9.07 Å². The van der Waals surface area contributed by atoms with Crippen molar-refractivity contribution in [3.63, 3.8) is 0 Å². The maximum atomic E-state index is 14.7. The quantitative estimate of drug-likeness (QED) is 0.867. The molecular weight excluding hydrogens is 353 g/mol. The molecule has 7 nitrogen and oxygen atoms in total. The van der Waals surface area contributed by atoms with Crippen molar-refractivity contribution in [2.75, 3.05) is 13.7 Å². The highest BCUT2D eigenvalue weighted by atomic mass is 19.1. The molecule has 8 heteroatoms. The summed E-state index contributed by atoms with van der Waals surface area (Å²) in [6.07, 6.45) is 0.0517. The van der Waals surface area contributed by atoms with E-state index in [9.17, 15) is 14.0 Å². The fraction of sp³-hybridized carbons (Fsp3) is 0.421. The van der Waals surface area contributed by atoms with Gasteiger partial charge in [-0.15, -0.1) is 0 Å². The summed E-state index contributed by atoms with van der Waals surface area (Å²) in [7, 11) is 1.53. The average Bonchev–Trinajstić information content (AvgIpc) is 3.16. The molecule has 0 aliphatic carbocycles. The predicted molar refractivity (Wildman–Crippen MR) is 95.5 cm³/mol. The topological polar surface area (TPSA) is 84.7 Å². The van der Waals surface area contributed by atoms with Crippen LogP contribution in [0.3, 0.4) is 0 Å². The lowest BCUT2D eigenvalue weighted by Gasteiger charge is -2.23. The van der Waals surface area contributed by atoms with Crippen molar-refractivity contribution >= 4 is 11.9 Å². The largest absolute Gasteiger partial charge is 0.481 e. The van der Waals surface area contributed by atoms with Gasteiger partial charge in [0, 0.05) is 31.0 Å². The number of halogens is 1. The Kier molecular flexibility index (Phi) is 5.27. The molecule has 0 bridgehead atoms. The molecule has 3 rings (SSSR count). The molecule has 2 unspecified atom stereocenters. The second-order valence-electron chi connectivity index (χ2n) is 6.81. The first-order chi connectivity index (χ1) is 12.8. The molecule has 2 heterocycles. The van der Waals surface area contributed by atoms with Crippen LogP contribution in [0, 0.1) is 19.7 Å². The van der Waals surface area contributed by atoms with Crippen molar-refractivity contribution in [2.45, 2.75) is 38.8 Å². The van der Waals surface area contributed by atoms with Gasteiger partial charge in [-0.1, -0.05) is 0 Å². The summed E-state index contributed by atoms with van der Waals surface area (Å²) >= 11 is 0. The zero-order valence-corrected chi connectivity index (χ0v) is 15.5. The summed E-state index contributed by atoms with van der Waals surface area (Å²) in [4.78, 5) is 25.4. The van der Waals surface area contributed by atoms with Crippen LogP contribution in [-0.4, -0.2) is 57.5 Å². The third kappa shape index (κ3) is 3.85. The van der Waals surface area contributed by atoms with Crippen molar-refractivity contribution in [2.24, 2.45) is 0 Å². The minimum Gasteiger partial charge on any atom is -0.481 e. The Morgan fingerprint density at radius 2 is 2.07 bits per heavy atom. The number of nitrogens with zero attached hydrogens (tertiary/aromatic N) is 3. The van der Waals surface area contributed by atoms with Gasteiger partial charge in [-0.05, 0) is 44.5 Å². The van der Waals surface area contributed by atoms with Crippen LogP contribution in [0.25, 0.3) is 5.69 Å². The molecule has 1 fully saturated rings. The highest BCUT2D eigenvalue weighted by molar-refractivity contribution is 5.95. The Bertz CT molecular complexity index is 880. The third-order valence-corrected chi connectivity index (χ3v) is 4.81. The number of carboxylic acid groups (broad SMARTS) is 1. The molecule has 144 valence electrons. The lowest BCUT2D eigenvalue weighted by Crippen LogP contribution is -2.37. The van der Waals surface area contributed by atoms with Gasteiger partial charge in [-0.2, -0.15) is 5.10 Å². The van der Waals surface area contributed by atoms with Crippen LogP contribution in [0.5, 0.6) is 0 Å². The van der Waals surface area contributed by atoms with Crippen LogP contribution >= 0.6 is 0 Å². The predicted octanol–water partition coefficient (Wildman–Crippen LogP) is 2.33. The van der Waals surface area contributed by atoms with Gasteiger partial charge in [0.25, 0.3) is 5.91 Å². The number of aryl methyl sites for hydroxylation is 2. The van der Waals surface area contributed by atoms with E-state index in [1.807, 2.05) is 19.9 Å². The van der Waals surface area contributed by atoms with E-state index in [4.69, 9.17) is 9.84 Å². The number of hydrogen-bond acceptors (Lipinski definition) is 4. The van der Waals surface area contributed by atoms with E-state index in [-0.39, 0.29) is 30.3 Å². The number of likely N-dealkylation sites (tertiary alicyclic amines) is 1. The van der Waals surface area contributed by atoms with Crippen LogP contribution in [-0.2, 0) is 9.53 Å². The Hall–Kier alpha value is -2.74. The lowest BCUT2D eigenvalue weighted by molar-refractivity contribution is -0.138. The van der Waals surface area contributed by atoms with Crippen molar-refractivity contribution in [3.05, 3.63) is 47.0 Å². The van der Waals surface area contributed by atoms with Gasteiger partial charge < -0.3 is 14.7 Å². The number of ether oxygens (including phenoxy) is 1. The maximum Gasteiger partial charge on any atom is 0.305 e. The first kappa shape index (κ1) is 19.0. The number of carbonyl (C=O) groups is 2. The summed E-state index contributed by atoms with van der Waals surface area (Å²) < 4.78 is 21.4. The highest BCUT2D eigenvalue weighted by Gasteiger charge is 2.37. The molecule has 1 aromatic carbocycles. The van der Waals surface area contributed by atoms with Crippen molar-refractivity contribution in [3.8, 4) is 5.69 Å². The molecular formula is C19H22FN3O4. The number of amides is 1. The molecule has 1 aliphatic rings. The number of rotatable bonds is 5. The van der Waals surface area contributed by atoms with Gasteiger partial charge in [0.15, 0.2) is 0 Å². The lowest BCUT2D eigenvalue weighted by atomic mass is 10.1. The van der Waals surface area contributed by atoms with Gasteiger partial charge >= 0.3 is 5.97 Å². The average molecular weight is 375 g/mol. The monoisotopic (exact) mass is 375 g/mol. The van der Waals surface area contributed by atoms with Crippen molar-refractivity contribution in [1.82, 2.24) is 14.7 Å². The molecule has 0 spiro atoms. The first-order valence-electron chi connectivity index (χ1n) is 8.69. The van der Waals surface area contributed by atoms with Gasteiger partial charge in [-0.3, -0.25) is 9.59 Å². The number of carbonyl (C=O) groups excluding carboxylic acids is 1. The number of carboxylic acids is 1. The molecule has 27 heavy (non-hydrogen) atoms. The fourth-order valence-electron chi connectivity index (χ4n) is 3.54. The summed E-state index contributed by atoms with van der Waals surface area (Å²) in [6.45, 7) is 3.93. The van der Waals surface area contributed by atoms with Crippen molar-refractivity contribution in [1.29, 1.82) is 0 Å². The van der Waals surface area contributed by atoms with Gasteiger partial charge in [0.05, 0.1) is 18.2 Å². The van der Waals surface area contributed by atoms with Crippen LogP contribution in [0.4, 0.5) is 4.39 Å². The normalized spacial score (nSPS) is 19.5. The van der Waals surface area contributed by atoms with Gasteiger partial charge in [0.1, 0.15) is 11.5 Å². The number of benzene rings is 1. The smallest absolute Gasteiger partial charge is 0.305 e. The third-order valence-electron chi connectivity index (χ3n) is 4.81. The van der Waals surface area contributed by atoms with Crippen molar-refractivity contribution < 1.29 is 23.8 Å². The Balaban J connectivity index is 1.87. The molecule has 2 aromatic rings. The second-order valence-corrected chi connectivity index (χ2v) is 6.81. The first-order valence-corrected chi connectivity index (χ1v) is 8.69. The molecule has 1 aliphatic heterocycles. The van der Waals surface area contributed by atoms with E-state index in [0.717, 1.165) is 11.4 Å². The van der Waals surface area contributed by atoms with E-state index in [1.165, 1.54) is 34.9 Å². The van der Waals surface area contributed by atoms with E-state index in [0.29, 0.717) is 6.42 Å². The summed E-state index contributed by atoms with van der Waals surface area (Å²) in [5, 5.41) is 13.3. The molecule has 1 aromatic heterocycles. The van der Waals surface area contributed by atoms with E-state index in [1.54, 1.807) is 0 Å². The van der Waals surface area contributed by atoms with E-state index < -0.39 is 23.7 Å². The van der Waals surface area contributed by atoms with Crippen LogP contribution in [0.2, 0.25) is 0 Å². The summed E-state index contributed by atoms with van der Waals surface area (Å²) in [6, 6.07) is 5.59. The Labute approximate surface area is 156 Å². The molecule has 1 saturated heterocycles. The highest BCUT2D eigenvalue weighted by Crippen LogP contribution is 2.26.